The Morgan fingerprint density at radius 1 is 1.42 bits per heavy atom. The van der Waals surface area contributed by atoms with Crippen molar-refractivity contribution in [3.63, 3.8) is 0 Å². The normalized spacial score (nSPS) is 11.9. The van der Waals surface area contributed by atoms with Gasteiger partial charge in [-0.1, -0.05) is 30.3 Å². The Hall–Kier alpha value is -2.30. The van der Waals surface area contributed by atoms with E-state index in [1.807, 2.05) is 38.1 Å². The van der Waals surface area contributed by atoms with Crippen LogP contribution in [0.4, 0.5) is 5.82 Å². The molecule has 0 fully saturated rings. The lowest BCUT2D eigenvalue weighted by atomic mass is 10.2. The van der Waals surface area contributed by atoms with E-state index in [0.29, 0.717) is 18.0 Å². The van der Waals surface area contributed by atoms with Gasteiger partial charge in [0.25, 0.3) is 5.91 Å². The zero-order chi connectivity index (χ0) is 13.7. The van der Waals surface area contributed by atoms with Crippen LogP contribution in [0.3, 0.4) is 0 Å². The van der Waals surface area contributed by atoms with Gasteiger partial charge in [0.1, 0.15) is 12.0 Å². The van der Waals surface area contributed by atoms with Crippen molar-refractivity contribution in [3.8, 4) is 5.75 Å². The van der Waals surface area contributed by atoms with Crippen LogP contribution in [0.15, 0.2) is 41.1 Å². The predicted molar refractivity (Wildman–Crippen MR) is 71.0 cm³/mol. The van der Waals surface area contributed by atoms with Crippen molar-refractivity contribution >= 4 is 11.7 Å². The Labute approximate surface area is 111 Å². The third kappa shape index (κ3) is 3.34. The number of benzene rings is 1. The van der Waals surface area contributed by atoms with Gasteiger partial charge in [0.05, 0.1) is 0 Å². The molecule has 0 saturated heterocycles. The Kier molecular flexibility index (Phi) is 4.18. The number of para-hydroxylation sites is 1. The molecule has 0 spiro atoms. The van der Waals surface area contributed by atoms with Gasteiger partial charge in [0.2, 0.25) is 0 Å². The molecule has 0 radical (unpaired) electrons. The molecule has 0 bridgehead atoms. The maximum atomic E-state index is 12.0. The van der Waals surface area contributed by atoms with Gasteiger partial charge in [-0.05, 0) is 25.0 Å². The molecule has 19 heavy (non-hydrogen) atoms. The minimum atomic E-state index is -0.558. The van der Waals surface area contributed by atoms with E-state index in [9.17, 15) is 4.79 Å². The van der Waals surface area contributed by atoms with E-state index in [-0.39, 0.29) is 5.91 Å². The fourth-order valence-electron chi connectivity index (χ4n) is 1.65. The number of nitrogens with one attached hydrogen (secondary N) is 1. The highest BCUT2D eigenvalue weighted by atomic mass is 16.5. The number of hydrogen-bond donors (Lipinski definition) is 1. The predicted octanol–water partition coefficient (Wildman–Crippen LogP) is 2.78. The Bertz CT molecular complexity index is 537. The maximum absolute atomic E-state index is 12.0. The number of carbonyl (C=O) groups is 1. The van der Waals surface area contributed by atoms with Crippen molar-refractivity contribution in [3.05, 3.63) is 42.2 Å². The molecule has 1 N–H and O–H groups in total. The second-order valence-corrected chi connectivity index (χ2v) is 4.15. The third-order valence-electron chi connectivity index (χ3n) is 2.72. The summed E-state index contributed by atoms with van der Waals surface area (Å²) in [7, 11) is 0. The summed E-state index contributed by atoms with van der Waals surface area (Å²) in [4.78, 5) is 12.0. The number of aromatic nitrogens is 1. The molecule has 0 aliphatic carbocycles. The SMILES string of the molecule is CC[C@@H](Oc1ccccc1C)C(=O)Nc1ccon1. The van der Waals surface area contributed by atoms with Gasteiger partial charge < -0.3 is 14.6 Å². The number of aryl methyl sites for hydroxylation is 1. The molecule has 5 nitrogen and oxygen atoms in total. The van der Waals surface area contributed by atoms with Crippen LogP contribution in [-0.4, -0.2) is 17.2 Å². The first-order chi connectivity index (χ1) is 9.20. The number of carbonyl (C=O) groups excluding carboxylic acids is 1. The molecule has 0 aliphatic rings. The minimum absolute atomic E-state index is 0.236. The molecule has 1 atom stereocenters. The first-order valence-electron chi connectivity index (χ1n) is 6.14. The lowest BCUT2D eigenvalue weighted by molar-refractivity contribution is -0.122. The summed E-state index contributed by atoms with van der Waals surface area (Å²) in [5.41, 5.74) is 0.996. The van der Waals surface area contributed by atoms with Gasteiger partial charge in [-0.2, -0.15) is 0 Å². The standard InChI is InChI=1S/C14H16N2O3/c1-3-11(14(17)15-13-8-9-18-16-13)19-12-7-5-4-6-10(12)2/h4-9,11H,3H2,1-2H3,(H,15,16,17)/t11-/m1/s1. The number of anilines is 1. The zero-order valence-corrected chi connectivity index (χ0v) is 10.9. The van der Waals surface area contributed by atoms with Crippen molar-refractivity contribution in [2.75, 3.05) is 5.32 Å². The van der Waals surface area contributed by atoms with Gasteiger partial charge in [-0.15, -0.1) is 0 Å². The van der Waals surface area contributed by atoms with Gasteiger partial charge >= 0.3 is 0 Å². The second-order valence-electron chi connectivity index (χ2n) is 4.15. The average molecular weight is 260 g/mol. The molecule has 1 amide bonds. The van der Waals surface area contributed by atoms with Gasteiger partial charge in [-0.3, -0.25) is 4.79 Å². The molecule has 100 valence electrons. The van der Waals surface area contributed by atoms with Crippen molar-refractivity contribution in [2.24, 2.45) is 0 Å². The lowest BCUT2D eigenvalue weighted by Gasteiger charge is -2.17. The Morgan fingerprint density at radius 2 is 2.21 bits per heavy atom. The fourth-order valence-corrected chi connectivity index (χ4v) is 1.65. The number of ether oxygens (including phenoxy) is 1. The smallest absolute Gasteiger partial charge is 0.266 e. The summed E-state index contributed by atoms with van der Waals surface area (Å²) in [6, 6.07) is 9.18. The van der Waals surface area contributed by atoms with E-state index >= 15 is 0 Å². The highest BCUT2D eigenvalue weighted by Crippen LogP contribution is 2.19. The summed E-state index contributed by atoms with van der Waals surface area (Å²) in [6.07, 6.45) is 1.41. The molecule has 1 aromatic heterocycles. The third-order valence-corrected chi connectivity index (χ3v) is 2.72. The van der Waals surface area contributed by atoms with E-state index in [1.165, 1.54) is 6.26 Å². The van der Waals surface area contributed by atoms with Crippen molar-refractivity contribution < 1.29 is 14.1 Å². The quantitative estimate of drug-likeness (QED) is 0.897. The number of nitrogens with zero attached hydrogens (tertiary/aromatic N) is 1. The first kappa shape index (κ1) is 13.1. The van der Waals surface area contributed by atoms with E-state index in [1.54, 1.807) is 6.07 Å². The summed E-state index contributed by atoms with van der Waals surface area (Å²) < 4.78 is 10.4. The Balaban J connectivity index is 2.04. The number of amides is 1. The highest BCUT2D eigenvalue weighted by molar-refractivity contribution is 5.93. The molecule has 0 aliphatic heterocycles. The summed E-state index contributed by atoms with van der Waals surface area (Å²) in [6.45, 7) is 3.84. The zero-order valence-electron chi connectivity index (χ0n) is 10.9. The van der Waals surface area contributed by atoms with Crippen molar-refractivity contribution in [1.82, 2.24) is 5.16 Å². The summed E-state index contributed by atoms with van der Waals surface area (Å²) >= 11 is 0. The fraction of sp³-hybridized carbons (Fsp3) is 0.286. The summed E-state index contributed by atoms with van der Waals surface area (Å²) in [5.74, 6) is 0.862. The molecule has 0 unspecified atom stereocenters. The van der Waals surface area contributed by atoms with Crippen molar-refractivity contribution in [2.45, 2.75) is 26.4 Å². The van der Waals surface area contributed by atoms with E-state index in [2.05, 4.69) is 15.0 Å². The van der Waals surface area contributed by atoms with Crippen LogP contribution in [-0.2, 0) is 4.79 Å². The van der Waals surface area contributed by atoms with Crippen LogP contribution >= 0.6 is 0 Å². The monoisotopic (exact) mass is 260 g/mol. The van der Waals surface area contributed by atoms with Gasteiger partial charge in [-0.25, -0.2) is 0 Å². The second kappa shape index (κ2) is 6.04. The van der Waals surface area contributed by atoms with E-state index in [4.69, 9.17) is 4.74 Å². The van der Waals surface area contributed by atoms with Gasteiger partial charge in [0.15, 0.2) is 11.9 Å². The molecule has 2 rings (SSSR count). The molecule has 1 heterocycles. The average Bonchev–Trinajstić information content (AvgIpc) is 2.90. The maximum Gasteiger partial charge on any atom is 0.266 e. The van der Waals surface area contributed by atoms with E-state index in [0.717, 1.165) is 5.56 Å². The molecule has 2 aromatic rings. The van der Waals surface area contributed by atoms with Crippen LogP contribution in [0.25, 0.3) is 0 Å². The first-order valence-corrected chi connectivity index (χ1v) is 6.14. The molecule has 1 aromatic carbocycles. The summed E-state index contributed by atoms with van der Waals surface area (Å²) in [5, 5.41) is 6.28. The number of hydrogen-bond acceptors (Lipinski definition) is 4. The number of rotatable bonds is 5. The molecule has 5 heteroatoms. The van der Waals surface area contributed by atoms with Crippen LogP contribution < -0.4 is 10.1 Å². The van der Waals surface area contributed by atoms with Crippen molar-refractivity contribution in [1.29, 1.82) is 0 Å². The highest BCUT2D eigenvalue weighted by Gasteiger charge is 2.19. The van der Waals surface area contributed by atoms with Crippen LogP contribution in [0, 0.1) is 6.92 Å². The van der Waals surface area contributed by atoms with Crippen LogP contribution in [0.2, 0.25) is 0 Å². The lowest BCUT2D eigenvalue weighted by Crippen LogP contribution is -2.32. The van der Waals surface area contributed by atoms with Crippen LogP contribution in [0.5, 0.6) is 5.75 Å². The van der Waals surface area contributed by atoms with E-state index < -0.39 is 6.10 Å². The van der Waals surface area contributed by atoms with Gasteiger partial charge in [0, 0.05) is 6.07 Å². The van der Waals surface area contributed by atoms with Crippen LogP contribution in [0.1, 0.15) is 18.9 Å². The largest absolute Gasteiger partial charge is 0.480 e. The topological polar surface area (TPSA) is 64.4 Å². The molecular formula is C14H16N2O3. The molecular weight excluding hydrogens is 244 g/mol. The molecule has 0 saturated carbocycles. The minimum Gasteiger partial charge on any atom is -0.480 e. The Morgan fingerprint density at radius 3 is 2.84 bits per heavy atom.